The monoisotopic (exact) mass is 442 g/mol. The highest BCUT2D eigenvalue weighted by Crippen LogP contribution is 2.44. The molecule has 0 spiro atoms. The van der Waals surface area contributed by atoms with Crippen LogP contribution in [0, 0.1) is 5.41 Å². The Balaban J connectivity index is 1.48. The summed E-state index contributed by atoms with van der Waals surface area (Å²) >= 11 is 0. The highest BCUT2D eigenvalue weighted by atomic mass is 16.5. The number of fused-ring (bicyclic) bond motifs is 1. The zero-order valence-corrected chi connectivity index (χ0v) is 18.4. The van der Waals surface area contributed by atoms with Gasteiger partial charge in [0.1, 0.15) is 34.4 Å². The van der Waals surface area contributed by atoms with Crippen molar-refractivity contribution < 1.29 is 14.6 Å². The molecule has 168 valence electrons. The number of anilines is 1. The number of benzene rings is 2. The molecule has 0 atom stereocenters. The number of nitrogens with two attached hydrogens (primary N) is 1. The van der Waals surface area contributed by atoms with Crippen molar-refractivity contribution in [3.63, 3.8) is 0 Å². The molecule has 2 aromatic heterocycles. The number of hydrogen-bond acceptors (Lipinski definition) is 5. The van der Waals surface area contributed by atoms with Crippen molar-refractivity contribution in [2.75, 3.05) is 5.73 Å². The Labute approximate surface area is 191 Å². The van der Waals surface area contributed by atoms with Crippen LogP contribution in [0.5, 0.6) is 11.5 Å². The van der Waals surface area contributed by atoms with Crippen molar-refractivity contribution in [2.45, 2.75) is 38.5 Å². The molecule has 1 fully saturated rings. The topological polar surface area (TPSA) is 103 Å². The highest BCUT2D eigenvalue weighted by Gasteiger charge is 2.39. The third-order valence-electron chi connectivity index (χ3n) is 6.69. The van der Waals surface area contributed by atoms with Gasteiger partial charge in [-0.2, -0.15) is 0 Å². The third-order valence-corrected chi connectivity index (χ3v) is 6.69. The molecule has 0 aliphatic heterocycles. The van der Waals surface area contributed by atoms with Crippen LogP contribution in [0.3, 0.4) is 0 Å². The third kappa shape index (κ3) is 3.91. The Hall–Kier alpha value is -3.87. The summed E-state index contributed by atoms with van der Waals surface area (Å²) in [6.07, 6.45) is 6.36. The van der Waals surface area contributed by atoms with Gasteiger partial charge in [0.2, 0.25) is 0 Å². The first kappa shape index (κ1) is 21.0. The Morgan fingerprint density at radius 3 is 2.42 bits per heavy atom. The van der Waals surface area contributed by atoms with E-state index in [-0.39, 0.29) is 5.92 Å². The number of para-hydroxylation sites is 1. The largest absolute Gasteiger partial charge is 0.481 e. The average Bonchev–Trinajstić information content (AvgIpc) is 3.22. The van der Waals surface area contributed by atoms with Gasteiger partial charge < -0.3 is 15.6 Å². The Morgan fingerprint density at radius 1 is 1.09 bits per heavy atom. The van der Waals surface area contributed by atoms with E-state index in [1.165, 1.54) is 0 Å². The fraction of sp³-hybridized carbons (Fsp3) is 0.269. The number of nitrogen functional groups attached to an aromatic ring is 1. The first-order chi connectivity index (χ1) is 15.9. The summed E-state index contributed by atoms with van der Waals surface area (Å²) < 4.78 is 7.92. The van der Waals surface area contributed by atoms with Gasteiger partial charge in [-0.3, -0.25) is 9.20 Å². The summed E-state index contributed by atoms with van der Waals surface area (Å²) in [5.41, 5.74) is 8.08. The summed E-state index contributed by atoms with van der Waals surface area (Å²) in [5, 5.41) is 9.57. The van der Waals surface area contributed by atoms with Crippen LogP contribution in [0.1, 0.15) is 44.3 Å². The van der Waals surface area contributed by atoms with Crippen LogP contribution in [0.25, 0.3) is 16.8 Å². The second kappa shape index (κ2) is 8.24. The van der Waals surface area contributed by atoms with Gasteiger partial charge in [0.05, 0.1) is 5.41 Å². The van der Waals surface area contributed by atoms with E-state index in [1.54, 1.807) is 6.20 Å². The van der Waals surface area contributed by atoms with Gasteiger partial charge in [0.15, 0.2) is 0 Å². The lowest BCUT2D eigenvalue weighted by Gasteiger charge is -2.33. The van der Waals surface area contributed by atoms with Crippen molar-refractivity contribution in [1.29, 1.82) is 0 Å². The maximum Gasteiger partial charge on any atom is 0.309 e. The molecule has 0 radical (unpaired) electrons. The van der Waals surface area contributed by atoms with Crippen LogP contribution < -0.4 is 10.5 Å². The summed E-state index contributed by atoms with van der Waals surface area (Å²) in [6.45, 7) is 1.83. The molecule has 5 rings (SSSR count). The molecule has 7 nitrogen and oxygen atoms in total. The number of carboxylic acids is 1. The SMILES string of the molecule is CC1(C(=O)O)CCC(c2nc(-c3ccc(Oc4ccccc4)cc3)c3c(N)nccn23)CC1. The molecule has 1 aliphatic rings. The van der Waals surface area contributed by atoms with Crippen molar-refractivity contribution in [3.05, 3.63) is 72.8 Å². The molecule has 33 heavy (non-hydrogen) atoms. The smallest absolute Gasteiger partial charge is 0.309 e. The fourth-order valence-corrected chi connectivity index (χ4v) is 4.61. The molecule has 2 aromatic carbocycles. The zero-order valence-electron chi connectivity index (χ0n) is 18.4. The predicted octanol–water partition coefficient (Wildman–Crippen LogP) is 5.52. The minimum atomic E-state index is -0.721. The van der Waals surface area contributed by atoms with Crippen LogP contribution in [-0.2, 0) is 4.79 Å². The van der Waals surface area contributed by atoms with Gasteiger partial charge in [-0.15, -0.1) is 0 Å². The maximum atomic E-state index is 11.7. The second-order valence-corrected chi connectivity index (χ2v) is 8.93. The van der Waals surface area contributed by atoms with Gasteiger partial charge >= 0.3 is 5.97 Å². The molecule has 3 N–H and O–H groups in total. The van der Waals surface area contributed by atoms with Crippen LogP contribution in [0.2, 0.25) is 0 Å². The van der Waals surface area contributed by atoms with Crippen molar-refractivity contribution in [3.8, 4) is 22.8 Å². The molecule has 1 aliphatic carbocycles. The van der Waals surface area contributed by atoms with E-state index < -0.39 is 11.4 Å². The Morgan fingerprint density at radius 2 is 1.76 bits per heavy atom. The molecule has 7 heteroatoms. The summed E-state index contributed by atoms with van der Waals surface area (Å²) in [7, 11) is 0. The van der Waals surface area contributed by atoms with Gasteiger partial charge in [-0.1, -0.05) is 18.2 Å². The summed E-state index contributed by atoms with van der Waals surface area (Å²) in [4.78, 5) is 20.9. The number of imidazole rings is 1. The zero-order chi connectivity index (χ0) is 23.0. The van der Waals surface area contributed by atoms with E-state index >= 15 is 0 Å². The van der Waals surface area contributed by atoms with Crippen LogP contribution in [0.4, 0.5) is 5.82 Å². The lowest BCUT2D eigenvalue weighted by molar-refractivity contribution is -0.150. The minimum absolute atomic E-state index is 0.168. The van der Waals surface area contributed by atoms with E-state index in [9.17, 15) is 9.90 Å². The number of carbonyl (C=O) groups is 1. The number of hydrogen-bond donors (Lipinski definition) is 2. The fourth-order valence-electron chi connectivity index (χ4n) is 4.61. The van der Waals surface area contributed by atoms with Gasteiger partial charge in [0, 0.05) is 23.9 Å². The minimum Gasteiger partial charge on any atom is -0.481 e. The number of rotatable bonds is 5. The number of nitrogens with zero attached hydrogens (tertiary/aromatic N) is 3. The molecule has 4 aromatic rings. The molecule has 2 heterocycles. The van der Waals surface area contributed by atoms with E-state index in [0.29, 0.717) is 18.7 Å². The normalized spacial score (nSPS) is 20.6. The molecule has 1 saturated carbocycles. The van der Waals surface area contributed by atoms with E-state index in [4.69, 9.17) is 15.5 Å². The second-order valence-electron chi connectivity index (χ2n) is 8.93. The molecule has 0 unspecified atom stereocenters. The number of carboxylic acid groups (broad SMARTS) is 1. The summed E-state index contributed by atoms with van der Waals surface area (Å²) in [6, 6.07) is 17.4. The Kier molecular flexibility index (Phi) is 5.24. The van der Waals surface area contributed by atoms with Crippen molar-refractivity contribution in [2.24, 2.45) is 5.41 Å². The van der Waals surface area contributed by atoms with Crippen LogP contribution >= 0.6 is 0 Å². The lowest BCUT2D eigenvalue weighted by Crippen LogP contribution is -2.32. The van der Waals surface area contributed by atoms with Crippen molar-refractivity contribution >= 4 is 17.3 Å². The average molecular weight is 443 g/mol. The van der Waals surface area contributed by atoms with Crippen molar-refractivity contribution in [1.82, 2.24) is 14.4 Å². The first-order valence-electron chi connectivity index (χ1n) is 11.1. The van der Waals surface area contributed by atoms with Gasteiger partial charge in [0.25, 0.3) is 0 Å². The van der Waals surface area contributed by atoms with Gasteiger partial charge in [-0.05, 0) is 69.0 Å². The van der Waals surface area contributed by atoms with E-state index in [1.807, 2.05) is 72.1 Å². The number of aromatic nitrogens is 3. The molecular formula is C26H26N4O3. The highest BCUT2D eigenvalue weighted by molar-refractivity contribution is 5.85. The summed E-state index contributed by atoms with van der Waals surface area (Å²) in [5.74, 6) is 2.29. The Bertz CT molecular complexity index is 1290. The number of aliphatic carboxylic acids is 1. The predicted molar refractivity (Wildman–Crippen MR) is 126 cm³/mol. The van der Waals surface area contributed by atoms with E-state index in [0.717, 1.165) is 46.9 Å². The molecule has 0 saturated heterocycles. The molecule has 0 bridgehead atoms. The lowest BCUT2D eigenvalue weighted by atomic mass is 9.71. The van der Waals surface area contributed by atoms with Crippen LogP contribution in [0.15, 0.2) is 67.0 Å². The maximum absolute atomic E-state index is 11.7. The quantitative estimate of drug-likeness (QED) is 0.422. The molecule has 0 amide bonds. The van der Waals surface area contributed by atoms with Crippen LogP contribution in [-0.4, -0.2) is 25.4 Å². The molecular weight excluding hydrogens is 416 g/mol. The van der Waals surface area contributed by atoms with Gasteiger partial charge in [-0.25, -0.2) is 9.97 Å². The van der Waals surface area contributed by atoms with E-state index in [2.05, 4.69) is 4.98 Å². The standard InChI is InChI=1S/C26H26N4O3/c1-26(25(31)32)13-11-18(12-14-26)24-29-21(22-23(27)28-15-16-30(22)24)17-7-9-20(10-8-17)33-19-5-3-2-4-6-19/h2-10,15-16,18H,11-14H2,1H3,(H2,27,28)(H,31,32). The number of ether oxygens (including phenoxy) is 1. The first-order valence-corrected chi connectivity index (χ1v) is 11.1.